The van der Waals surface area contributed by atoms with E-state index in [9.17, 15) is 9.18 Å². The fourth-order valence-corrected chi connectivity index (χ4v) is 3.79. The highest BCUT2D eigenvalue weighted by atomic mass is 19.1. The predicted molar refractivity (Wildman–Crippen MR) is 113 cm³/mol. The van der Waals surface area contributed by atoms with Gasteiger partial charge in [0.15, 0.2) is 0 Å². The second-order valence-electron chi connectivity index (χ2n) is 7.65. The summed E-state index contributed by atoms with van der Waals surface area (Å²) in [5, 5.41) is 0. The van der Waals surface area contributed by atoms with Crippen LogP contribution < -0.4 is 4.74 Å². The van der Waals surface area contributed by atoms with Gasteiger partial charge in [0.2, 0.25) is 5.88 Å². The first-order chi connectivity index (χ1) is 14.6. The van der Waals surface area contributed by atoms with E-state index in [2.05, 4.69) is 9.97 Å². The second-order valence-corrected chi connectivity index (χ2v) is 7.65. The van der Waals surface area contributed by atoms with Crippen LogP contribution in [0.4, 0.5) is 4.39 Å². The lowest BCUT2D eigenvalue weighted by Gasteiger charge is -2.33. The van der Waals surface area contributed by atoms with Gasteiger partial charge >= 0.3 is 0 Å². The smallest absolute Gasteiger partial charge is 0.254 e. The number of aryl methyl sites for hydroxylation is 1. The Labute approximate surface area is 175 Å². The Hall–Kier alpha value is -3.28. The minimum absolute atomic E-state index is 0.0176. The minimum atomic E-state index is -0.390. The van der Waals surface area contributed by atoms with E-state index >= 15 is 0 Å². The molecule has 1 fully saturated rings. The molecule has 1 aliphatic heterocycles. The maximum absolute atomic E-state index is 13.4. The van der Waals surface area contributed by atoms with Crippen molar-refractivity contribution in [3.05, 3.63) is 77.9 Å². The van der Waals surface area contributed by atoms with Crippen LogP contribution >= 0.6 is 0 Å². The maximum atomic E-state index is 13.4. The van der Waals surface area contributed by atoms with E-state index in [1.165, 1.54) is 12.1 Å². The van der Waals surface area contributed by atoms with Crippen molar-refractivity contribution in [1.82, 2.24) is 14.9 Å². The molecule has 1 saturated heterocycles. The molecule has 1 amide bonds. The molecule has 1 atom stereocenters. The number of nitrogens with zero attached hydrogens (tertiary/aromatic N) is 3. The first-order valence-corrected chi connectivity index (χ1v) is 10.2. The molecule has 5 nitrogen and oxygen atoms in total. The van der Waals surface area contributed by atoms with Crippen molar-refractivity contribution in [2.75, 3.05) is 19.7 Å². The van der Waals surface area contributed by atoms with Gasteiger partial charge in [-0.1, -0.05) is 23.8 Å². The number of pyridine rings is 2. The number of ether oxygens (including phenoxy) is 1. The molecule has 0 aliphatic carbocycles. The number of hydrogen-bond donors (Lipinski definition) is 0. The Morgan fingerprint density at radius 3 is 2.87 bits per heavy atom. The van der Waals surface area contributed by atoms with Crippen LogP contribution in [-0.4, -0.2) is 40.5 Å². The highest BCUT2D eigenvalue weighted by Gasteiger charge is 2.27. The molecular formula is C24H24FN3O2. The first kappa shape index (κ1) is 20.0. The zero-order chi connectivity index (χ0) is 20.9. The number of hydrogen-bond acceptors (Lipinski definition) is 4. The maximum Gasteiger partial charge on any atom is 0.254 e. The van der Waals surface area contributed by atoms with Crippen LogP contribution in [0.3, 0.4) is 0 Å². The van der Waals surface area contributed by atoms with Gasteiger partial charge in [0, 0.05) is 42.4 Å². The molecule has 3 aromatic rings. The van der Waals surface area contributed by atoms with Gasteiger partial charge in [0.25, 0.3) is 5.91 Å². The molecule has 1 aliphatic rings. The molecule has 0 N–H and O–H groups in total. The molecule has 4 rings (SSSR count). The summed E-state index contributed by atoms with van der Waals surface area (Å²) in [5.74, 6) is 0.233. The average molecular weight is 405 g/mol. The van der Waals surface area contributed by atoms with Crippen LogP contribution in [0.15, 0.2) is 60.9 Å². The summed E-state index contributed by atoms with van der Waals surface area (Å²) >= 11 is 0. The standard InChI is InChI=1S/C24H24FN3O2/c1-17-7-9-20(22-6-2-3-11-26-22)21(13-17)24(29)28-12-4-5-18(15-28)16-30-23-10-8-19(25)14-27-23/h2-3,6-11,13-14,18H,4-5,12,15-16H2,1H3. The normalized spacial score (nSPS) is 16.3. The van der Waals surface area contributed by atoms with Crippen molar-refractivity contribution in [2.45, 2.75) is 19.8 Å². The van der Waals surface area contributed by atoms with Gasteiger partial charge in [0.05, 0.1) is 18.5 Å². The SMILES string of the molecule is Cc1ccc(-c2ccccn2)c(C(=O)N2CCCC(COc3ccc(F)cn3)C2)c1. The average Bonchev–Trinajstić information content (AvgIpc) is 2.79. The molecule has 154 valence electrons. The monoisotopic (exact) mass is 405 g/mol. The Morgan fingerprint density at radius 2 is 2.10 bits per heavy atom. The largest absolute Gasteiger partial charge is 0.477 e. The molecule has 0 saturated carbocycles. The van der Waals surface area contributed by atoms with E-state index in [1.54, 1.807) is 6.20 Å². The van der Waals surface area contributed by atoms with Gasteiger partial charge < -0.3 is 9.64 Å². The summed E-state index contributed by atoms with van der Waals surface area (Å²) in [4.78, 5) is 23.7. The van der Waals surface area contributed by atoms with Crippen LogP contribution in [0.2, 0.25) is 0 Å². The van der Waals surface area contributed by atoms with Crippen LogP contribution in [0.25, 0.3) is 11.3 Å². The van der Waals surface area contributed by atoms with Gasteiger partial charge in [-0.25, -0.2) is 9.37 Å². The molecule has 6 heteroatoms. The zero-order valence-electron chi connectivity index (χ0n) is 16.9. The number of amides is 1. The number of carbonyl (C=O) groups excluding carboxylic acids is 1. The van der Waals surface area contributed by atoms with Crippen molar-refractivity contribution >= 4 is 5.91 Å². The van der Waals surface area contributed by atoms with E-state index < -0.39 is 5.82 Å². The van der Waals surface area contributed by atoms with Crippen LogP contribution in [-0.2, 0) is 0 Å². The summed E-state index contributed by atoms with van der Waals surface area (Å²) in [6, 6.07) is 14.5. The third-order valence-electron chi connectivity index (χ3n) is 5.32. The van der Waals surface area contributed by atoms with Crippen molar-refractivity contribution in [3.8, 4) is 17.1 Å². The number of halogens is 1. The summed E-state index contributed by atoms with van der Waals surface area (Å²) in [6.45, 7) is 3.78. The van der Waals surface area contributed by atoms with Crippen molar-refractivity contribution in [2.24, 2.45) is 5.92 Å². The topological polar surface area (TPSA) is 55.3 Å². The lowest BCUT2D eigenvalue weighted by molar-refractivity contribution is 0.0632. The molecule has 0 bridgehead atoms. The Bertz CT molecular complexity index is 1010. The van der Waals surface area contributed by atoms with E-state index in [0.29, 0.717) is 24.6 Å². The van der Waals surface area contributed by atoms with E-state index in [1.807, 2.05) is 48.2 Å². The number of piperidine rings is 1. The molecule has 0 spiro atoms. The molecule has 30 heavy (non-hydrogen) atoms. The fourth-order valence-electron chi connectivity index (χ4n) is 3.79. The Kier molecular flexibility index (Phi) is 6.02. The molecule has 1 unspecified atom stereocenters. The summed E-state index contributed by atoms with van der Waals surface area (Å²) in [7, 11) is 0. The van der Waals surface area contributed by atoms with Crippen molar-refractivity contribution in [3.63, 3.8) is 0 Å². The lowest BCUT2D eigenvalue weighted by atomic mass is 9.96. The zero-order valence-corrected chi connectivity index (χ0v) is 16.9. The number of aromatic nitrogens is 2. The van der Waals surface area contributed by atoms with Crippen LogP contribution in [0, 0.1) is 18.7 Å². The van der Waals surface area contributed by atoms with E-state index in [0.717, 1.165) is 42.4 Å². The van der Waals surface area contributed by atoms with Gasteiger partial charge in [-0.3, -0.25) is 9.78 Å². The molecule has 2 aromatic heterocycles. The molecular weight excluding hydrogens is 381 g/mol. The predicted octanol–water partition coefficient (Wildman–Crippen LogP) is 4.52. The number of likely N-dealkylation sites (tertiary alicyclic amines) is 1. The highest BCUT2D eigenvalue weighted by molar-refractivity contribution is 6.00. The van der Waals surface area contributed by atoms with E-state index in [-0.39, 0.29) is 11.8 Å². The number of carbonyl (C=O) groups is 1. The highest BCUT2D eigenvalue weighted by Crippen LogP contribution is 2.26. The lowest BCUT2D eigenvalue weighted by Crippen LogP contribution is -2.41. The molecule has 1 aromatic carbocycles. The molecule has 0 radical (unpaired) electrons. The van der Waals surface area contributed by atoms with Gasteiger partial charge in [0.1, 0.15) is 5.82 Å². The summed E-state index contributed by atoms with van der Waals surface area (Å²) < 4.78 is 18.7. The summed E-state index contributed by atoms with van der Waals surface area (Å²) in [6.07, 6.45) is 4.78. The number of rotatable bonds is 5. The van der Waals surface area contributed by atoms with E-state index in [4.69, 9.17) is 4.74 Å². The quantitative estimate of drug-likeness (QED) is 0.626. The summed E-state index contributed by atoms with van der Waals surface area (Å²) in [5.41, 5.74) is 3.35. The third kappa shape index (κ3) is 4.64. The first-order valence-electron chi connectivity index (χ1n) is 10.2. The van der Waals surface area contributed by atoms with Crippen LogP contribution in [0.1, 0.15) is 28.8 Å². The minimum Gasteiger partial charge on any atom is -0.477 e. The molecule has 3 heterocycles. The Balaban J connectivity index is 1.48. The number of benzene rings is 1. The van der Waals surface area contributed by atoms with Gasteiger partial charge in [-0.05, 0) is 44.0 Å². The van der Waals surface area contributed by atoms with Crippen molar-refractivity contribution < 1.29 is 13.9 Å². The second kappa shape index (κ2) is 9.03. The third-order valence-corrected chi connectivity index (χ3v) is 5.32. The fraction of sp³-hybridized carbons (Fsp3) is 0.292. The van der Waals surface area contributed by atoms with Gasteiger partial charge in [-0.15, -0.1) is 0 Å². The Morgan fingerprint density at radius 1 is 1.20 bits per heavy atom. The van der Waals surface area contributed by atoms with Crippen LogP contribution in [0.5, 0.6) is 5.88 Å². The van der Waals surface area contributed by atoms with Gasteiger partial charge in [-0.2, -0.15) is 0 Å². The van der Waals surface area contributed by atoms with Crippen molar-refractivity contribution in [1.29, 1.82) is 0 Å².